The molecule has 0 spiro atoms. The molecule has 0 fully saturated rings. The highest BCUT2D eigenvalue weighted by atomic mass is 35.5. The number of benzene rings is 1. The van der Waals surface area contributed by atoms with Crippen molar-refractivity contribution in [2.75, 3.05) is 5.75 Å². The molecule has 0 radical (unpaired) electrons. The fraction of sp³-hybridized carbons (Fsp3) is 0.200. The van der Waals surface area contributed by atoms with E-state index in [2.05, 4.69) is 4.98 Å². The molecule has 0 aliphatic carbocycles. The summed E-state index contributed by atoms with van der Waals surface area (Å²) in [6.45, 7) is 0.220. The van der Waals surface area contributed by atoms with Crippen molar-refractivity contribution in [1.82, 2.24) is 4.98 Å². The Hall–Kier alpha value is -1.44. The Morgan fingerprint density at radius 2 is 2.09 bits per heavy atom. The molecule has 1 aromatic carbocycles. The maximum Gasteiger partial charge on any atom is 0.266 e. The molecule has 0 aliphatic rings. The van der Waals surface area contributed by atoms with Crippen molar-refractivity contribution in [3.05, 3.63) is 63.3 Å². The minimum atomic E-state index is -1.66. The van der Waals surface area contributed by atoms with E-state index in [1.54, 1.807) is 30.5 Å². The molecule has 8 heteroatoms. The molecule has 0 unspecified atom stereocenters. The Kier molecular flexibility index (Phi) is 7.01. The standard InChI is InChI=1S/C15H13ClF2N2OS2/c16-12-5-3-11(4-6-12)9-20(21)10-13-8-19-15(23-13)22-7-1-2-14(17)18/h2-6,8,10H,1,7,9H2/b20-10-. The molecular formula is C15H13ClF2N2OS2. The van der Waals surface area contributed by atoms with Gasteiger partial charge in [-0.1, -0.05) is 35.5 Å². The summed E-state index contributed by atoms with van der Waals surface area (Å²) in [6, 6.07) is 7.07. The number of thiazole rings is 1. The molecule has 3 nitrogen and oxygen atoms in total. The number of aromatic nitrogens is 1. The van der Waals surface area contributed by atoms with Gasteiger partial charge in [-0.15, -0.1) is 11.3 Å². The van der Waals surface area contributed by atoms with Crippen LogP contribution < -0.4 is 0 Å². The summed E-state index contributed by atoms with van der Waals surface area (Å²) in [5.74, 6) is 0.524. The predicted octanol–water partition coefficient (Wildman–Crippen LogP) is 5.19. The predicted molar refractivity (Wildman–Crippen MR) is 91.7 cm³/mol. The molecule has 0 aliphatic heterocycles. The van der Waals surface area contributed by atoms with Crippen LogP contribution in [0.5, 0.6) is 0 Å². The van der Waals surface area contributed by atoms with Crippen LogP contribution >= 0.6 is 34.7 Å². The molecule has 122 valence electrons. The smallest absolute Gasteiger partial charge is 0.266 e. The van der Waals surface area contributed by atoms with Crippen LogP contribution in [-0.2, 0) is 6.54 Å². The van der Waals surface area contributed by atoms with Gasteiger partial charge in [0, 0.05) is 16.3 Å². The maximum absolute atomic E-state index is 11.9. The number of hydrogen-bond donors (Lipinski definition) is 0. The average Bonchev–Trinajstić information content (AvgIpc) is 2.93. The van der Waals surface area contributed by atoms with E-state index in [0.717, 1.165) is 25.6 Å². The zero-order chi connectivity index (χ0) is 16.7. The van der Waals surface area contributed by atoms with Gasteiger partial charge in [0.05, 0.1) is 6.20 Å². The number of hydrogen-bond acceptors (Lipinski definition) is 4. The average molecular weight is 375 g/mol. The molecular weight excluding hydrogens is 362 g/mol. The summed E-state index contributed by atoms with van der Waals surface area (Å²) >= 11 is 8.55. The Balaban J connectivity index is 1.89. The van der Waals surface area contributed by atoms with Gasteiger partial charge in [-0.05, 0) is 24.6 Å². The van der Waals surface area contributed by atoms with Gasteiger partial charge in [0.1, 0.15) is 4.88 Å². The van der Waals surface area contributed by atoms with E-state index in [4.69, 9.17) is 11.6 Å². The summed E-state index contributed by atoms with van der Waals surface area (Å²) < 4.78 is 25.4. The van der Waals surface area contributed by atoms with Crippen LogP contribution in [0.15, 0.2) is 47.0 Å². The molecule has 23 heavy (non-hydrogen) atoms. The van der Waals surface area contributed by atoms with E-state index in [9.17, 15) is 14.0 Å². The summed E-state index contributed by atoms with van der Waals surface area (Å²) in [4.78, 5) is 4.89. The first-order valence-corrected chi connectivity index (χ1v) is 8.84. The lowest BCUT2D eigenvalue weighted by Crippen LogP contribution is -2.04. The van der Waals surface area contributed by atoms with Crippen molar-refractivity contribution in [3.8, 4) is 0 Å². The van der Waals surface area contributed by atoms with Crippen molar-refractivity contribution in [1.29, 1.82) is 0 Å². The zero-order valence-corrected chi connectivity index (χ0v) is 14.3. The lowest BCUT2D eigenvalue weighted by molar-refractivity contribution is -0.469. The van der Waals surface area contributed by atoms with Crippen LogP contribution in [0, 0.1) is 5.21 Å². The zero-order valence-electron chi connectivity index (χ0n) is 11.9. The summed E-state index contributed by atoms with van der Waals surface area (Å²) in [5.41, 5.74) is 0.861. The van der Waals surface area contributed by atoms with E-state index in [1.165, 1.54) is 29.3 Å². The summed E-state index contributed by atoms with van der Waals surface area (Å²) in [7, 11) is 0. The molecule has 0 bridgehead atoms. The number of rotatable bonds is 7. The van der Waals surface area contributed by atoms with E-state index < -0.39 is 6.08 Å². The maximum atomic E-state index is 11.9. The van der Waals surface area contributed by atoms with Gasteiger partial charge >= 0.3 is 0 Å². The second-order valence-electron chi connectivity index (χ2n) is 4.49. The lowest BCUT2D eigenvalue weighted by atomic mass is 10.2. The molecule has 1 aromatic heterocycles. The third-order valence-electron chi connectivity index (χ3n) is 2.67. The van der Waals surface area contributed by atoms with E-state index in [0.29, 0.717) is 10.8 Å². The van der Waals surface area contributed by atoms with Crippen LogP contribution in [-0.4, -0.2) is 21.7 Å². The van der Waals surface area contributed by atoms with Crippen LogP contribution in [0.1, 0.15) is 16.9 Å². The lowest BCUT2D eigenvalue weighted by Gasteiger charge is -2.03. The minimum Gasteiger partial charge on any atom is -0.624 e. The van der Waals surface area contributed by atoms with Crippen molar-refractivity contribution in [2.45, 2.75) is 17.3 Å². The second kappa shape index (κ2) is 9.00. The highest BCUT2D eigenvalue weighted by Crippen LogP contribution is 2.24. The van der Waals surface area contributed by atoms with E-state index >= 15 is 0 Å². The molecule has 0 N–H and O–H groups in total. The number of halogens is 3. The van der Waals surface area contributed by atoms with Crippen LogP contribution in [0.3, 0.4) is 0 Å². The molecule has 0 saturated heterocycles. The second-order valence-corrected chi connectivity index (χ2v) is 7.33. The first kappa shape index (κ1) is 17.9. The third-order valence-corrected chi connectivity index (χ3v) is 5.04. The van der Waals surface area contributed by atoms with Crippen molar-refractivity contribution in [3.63, 3.8) is 0 Å². The third kappa shape index (κ3) is 6.68. The Morgan fingerprint density at radius 3 is 2.78 bits per heavy atom. The fourth-order valence-corrected chi connectivity index (χ4v) is 3.69. The molecule has 0 amide bonds. The number of hydroxylamine groups is 1. The largest absolute Gasteiger partial charge is 0.624 e. The van der Waals surface area contributed by atoms with Crippen molar-refractivity contribution >= 4 is 40.9 Å². The van der Waals surface area contributed by atoms with Gasteiger partial charge in [0.15, 0.2) is 17.1 Å². The number of thioether (sulfide) groups is 1. The minimum absolute atomic E-state index is 0.220. The quantitative estimate of drug-likeness (QED) is 0.167. The molecule has 1 heterocycles. The molecule has 2 rings (SSSR count). The van der Waals surface area contributed by atoms with Crippen LogP contribution in [0.2, 0.25) is 5.02 Å². The van der Waals surface area contributed by atoms with Gasteiger partial charge in [-0.25, -0.2) is 9.72 Å². The van der Waals surface area contributed by atoms with E-state index in [-0.39, 0.29) is 13.0 Å². The Bertz CT molecular complexity index is 698. The molecule has 0 saturated carbocycles. The fourth-order valence-electron chi connectivity index (χ4n) is 1.67. The highest BCUT2D eigenvalue weighted by Gasteiger charge is 2.05. The summed E-state index contributed by atoms with van der Waals surface area (Å²) in [5, 5.41) is 12.5. The van der Waals surface area contributed by atoms with Crippen LogP contribution in [0.25, 0.3) is 0 Å². The van der Waals surface area contributed by atoms with Crippen LogP contribution in [0.4, 0.5) is 8.78 Å². The van der Waals surface area contributed by atoms with Gasteiger partial charge < -0.3 is 5.21 Å². The Morgan fingerprint density at radius 1 is 1.35 bits per heavy atom. The summed E-state index contributed by atoms with van der Waals surface area (Å²) in [6.07, 6.45) is 2.58. The van der Waals surface area contributed by atoms with E-state index in [1.807, 2.05) is 0 Å². The van der Waals surface area contributed by atoms with Crippen molar-refractivity contribution < 1.29 is 13.5 Å². The Labute approximate surface area is 145 Å². The first-order valence-electron chi connectivity index (χ1n) is 6.66. The monoisotopic (exact) mass is 374 g/mol. The number of allylic oxidation sites excluding steroid dienone is 1. The highest BCUT2D eigenvalue weighted by molar-refractivity contribution is 8.01. The molecule has 0 atom stereocenters. The van der Waals surface area contributed by atoms with Gasteiger partial charge in [-0.3, -0.25) is 0 Å². The van der Waals surface area contributed by atoms with Gasteiger partial charge in [0.2, 0.25) is 0 Å². The number of nitrogens with zero attached hydrogens (tertiary/aromatic N) is 2. The van der Waals surface area contributed by atoms with Crippen molar-refractivity contribution in [2.24, 2.45) is 0 Å². The normalized spacial score (nSPS) is 11.5. The first-order chi connectivity index (χ1) is 11.0. The SMILES string of the molecule is [O-]/[N+](=C\c1cnc(SCCC=C(F)F)s1)Cc1ccc(Cl)cc1. The van der Waals surface area contributed by atoms with Gasteiger partial charge in [-0.2, -0.15) is 8.78 Å². The topological polar surface area (TPSA) is 39.0 Å². The van der Waals surface area contributed by atoms with Gasteiger partial charge in [0.25, 0.3) is 6.08 Å². The molecule has 2 aromatic rings.